The monoisotopic (exact) mass is 286 g/mol. The fourth-order valence-electron chi connectivity index (χ4n) is 3.92. The van der Waals surface area contributed by atoms with Crippen molar-refractivity contribution in [1.82, 2.24) is 10.2 Å². The Balaban J connectivity index is 1.47. The van der Waals surface area contributed by atoms with Gasteiger partial charge in [-0.15, -0.1) is 0 Å². The lowest BCUT2D eigenvalue weighted by atomic mass is 9.88. The molecule has 0 bridgehead atoms. The van der Waals surface area contributed by atoms with E-state index in [1.807, 2.05) is 0 Å². The zero-order valence-corrected chi connectivity index (χ0v) is 13.5. The Morgan fingerprint density at radius 1 is 1.10 bits per heavy atom. The number of rotatable bonds is 4. The predicted molar refractivity (Wildman–Crippen MR) is 89.8 cm³/mol. The zero-order chi connectivity index (χ0) is 14.5. The van der Waals surface area contributed by atoms with E-state index in [0.29, 0.717) is 0 Å². The third kappa shape index (κ3) is 4.08. The summed E-state index contributed by atoms with van der Waals surface area (Å²) in [6.45, 7) is 8.58. The second-order valence-electron chi connectivity index (χ2n) is 6.88. The van der Waals surface area contributed by atoms with E-state index in [4.69, 9.17) is 0 Å². The molecule has 2 fully saturated rings. The maximum Gasteiger partial charge on any atom is 0.00218 e. The van der Waals surface area contributed by atoms with Crippen molar-refractivity contribution in [3.63, 3.8) is 0 Å². The molecule has 1 N–H and O–H groups in total. The van der Waals surface area contributed by atoms with Gasteiger partial charge >= 0.3 is 0 Å². The Hall–Kier alpha value is -0.860. The van der Waals surface area contributed by atoms with Gasteiger partial charge in [0.15, 0.2) is 0 Å². The van der Waals surface area contributed by atoms with Crippen molar-refractivity contribution < 1.29 is 0 Å². The van der Waals surface area contributed by atoms with Gasteiger partial charge in [0.25, 0.3) is 0 Å². The van der Waals surface area contributed by atoms with Gasteiger partial charge in [0.05, 0.1) is 0 Å². The minimum absolute atomic E-state index is 0.789. The normalized spacial score (nSPS) is 25.1. The molecule has 2 aliphatic rings. The van der Waals surface area contributed by atoms with Crippen LogP contribution >= 0.6 is 0 Å². The van der Waals surface area contributed by atoms with E-state index in [1.165, 1.54) is 64.0 Å². The molecule has 2 heterocycles. The molecular weight excluding hydrogens is 256 g/mol. The highest BCUT2D eigenvalue weighted by molar-refractivity contribution is 5.25. The van der Waals surface area contributed by atoms with Crippen molar-refractivity contribution in [3.05, 3.63) is 35.4 Å². The van der Waals surface area contributed by atoms with Gasteiger partial charge in [-0.3, -0.25) is 0 Å². The summed E-state index contributed by atoms with van der Waals surface area (Å²) in [6, 6.07) is 9.36. The number of nitrogens with zero attached hydrogens (tertiary/aromatic N) is 1. The number of aryl methyl sites for hydroxylation is 1. The molecule has 1 unspecified atom stereocenters. The number of nitrogens with one attached hydrogen (secondary N) is 1. The summed E-state index contributed by atoms with van der Waals surface area (Å²) in [4.78, 5) is 2.70. The third-order valence-electron chi connectivity index (χ3n) is 5.36. The van der Waals surface area contributed by atoms with Crippen molar-refractivity contribution in [2.45, 2.75) is 44.9 Å². The van der Waals surface area contributed by atoms with Crippen LogP contribution in [0.1, 0.15) is 49.7 Å². The Labute approximate surface area is 129 Å². The molecule has 0 aromatic heterocycles. The SMILES string of the molecule is CCc1ccc(C2CCN(CC3CCCNC3)CC2)cc1. The first-order valence-corrected chi connectivity index (χ1v) is 8.87. The zero-order valence-electron chi connectivity index (χ0n) is 13.5. The van der Waals surface area contributed by atoms with E-state index >= 15 is 0 Å². The number of piperidine rings is 2. The van der Waals surface area contributed by atoms with Crippen LogP contribution in [-0.4, -0.2) is 37.6 Å². The molecule has 0 aliphatic carbocycles. The fourth-order valence-corrected chi connectivity index (χ4v) is 3.92. The van der Waals surface area contributed by atoms with Gasteiger partial charge in [-0.05, 0) is 81.2 Å². The van der Waals surface area contributed by atoms with E-state index in [0.717, 1.165) is 18.3 Å². The second-order valence-corrected chi connectivity index (χ2v) is 6.88. The fraction of sp³-hybridized carbons (Fsp3) is 0.684. The highest BCUT2D eigenvalue weighted by Crippen LogP contribution is 2.29. The van der Waals surface area contributed by atoms with Gasteiger partial charge < -0.3 is 10.2 Å². The highest BCUT2D eigenvalue weighted by Gasteiger charge is 2.23. The molecule has 2 heteroatoms. The molecule has 2 saturated heterocycles. The largest absolute Gasteiger partial charge is 0.316 e. The molecule has 0 amide bonds. The third-order valence-corrected chi connectivity index (χ3v) is 5.36. The molecular formula is C19H30N2. The maximum atomic E-state index is 3.54. The van der Waals surface area contributed by atoms with Crippen LogP contribution in [0.3, 0.4) is 0 Å². The van der Waals surface area contributed by atoms with Crippen molar-refractivity contribution in [2.24, 2.45) is 5.92 Å². The van der Waals surface area contributed by atoms with Crippen LogP contribution < -0.4 is 5.32 Å². The first-order chi connectivity index (χ1) is 10.3. The summed E-state index contributed by atoms with van der Waals surface area (Å²) >= 11 is 0. The van der Waals surface area contributed by atoms with Crippen molar-refractivity contribution in [1.29, 1.82) is 0 Å². The Kier molecular flexibility index (Phi) is 5.32. The second kappa shape index (κ2) is 7.42. The molecule has 1 aromatic rings. The smallest absolute Gasteiger partial charge is 0.00218 e. The van der Waals surface area contributed by atoms with Gasteiger partial charge in [0.2, 0.25) is 0 Å². The quantitative estimate of drug-likeness (QED) is 0.912. The van der Waals surface area contributed by atoms with Crippen LogP contribution in [-0.2, 0) is 6.42 Å². The van der Waals surface area contributed by atoms with E-state index in [1.54, 1.807) is 5.56 Å². The van der Waals surface area contributed by atoms with E-state index in [-0.39, 0.29) is 0 Å². The number of likely N-dealkylation sites (tertiary alicyclic amines) is 1. The van der Waals surface area contributed by atoms with Gasteiger partial charge in [-0.25, -0.2) is 0 Å². The molecule has 0 radical (unpaired) electrons. The summed E-state index contributed by atoms with van der Waals surface area (Å²) in [5, 5.41) is 3.54. The molecule has 1 aromatic carbocycles. The molecule has 1 atom stereocenters. The molecule has 0 spiro atoms. The lowest BCUT2D eigenvalue weighted by Crippen LogP contribution is -2.41. The summed E-state index contributed by atoms with van der Waals surface area (Å²) < 4.78 is 0. The number of benzene rings is 1. The molecule has 2 aliphatic heterocycles. The maximum absolute atomic E-state index is 3.54. The Bertz CT molecular complexity index is 412. The van der Waals surface area contributed by atoms with E-state index in [9.17, 15) is 0 Å². The highest BCUT2D eigenvalue weighted by atomic mass is 15.1. The minimum Gasteiger partial charge on any atom is -0.316 e. The van der Waals surface area contributed by atoms with Crippen LogP contribution in [0.4, 0.5) is 0 Å². The summed E-state index contributed by atoms with van der Waals surface area (Å²) in [7, 11) is 0. The van der Waals surface area contributed by atoms with Crippen LogP contribution in [0, 0.1) is 5.92 Å². The van der Waals surface area contributed by atoms with Crippen LogP contribution in [0.5, 0.6) is 0 Å². The first-order valence-electron chi connectivity index (χ1n) is 8.87. The summed E-state index contributed by atoms with van der Waals surface area (Å²) in [6.07, 6.45) is 6.61. The van der Waals surface area contributed by atoms with Gasteiger partial charge in [-0.1, -0.05) is 31.2 Å². The van der Waals surface area contributed by atoms with Crippen molar-refractivity contribution in [3.8, 4) is 0 Å². The minimum atomic E-state index is 0.789. The number of hydrogen-bond acceptors (Lipinski definition) is 2. The molecule has 116 valence electrons. The van der Waals surface area contributed by atoms with Gasteiger partial charge in [0, 0.05) is 6.54 Å². The van der Waals surface area contributed by atoms with Crippen molar-refractivity contribution >= 4 is 0 Å². The first kappa shape index (κ1) is 15.1. The van der Waals surface area contributed by atoms with Crippen molar-refractivity contribution in [2.75, 3.05) is 32.7 Å². The van der Waals surface area contributed by atoms with Crippen LogP contribution in [0.15, 0.2) is 24.3 Å². The van der Waals surface area contributed by atoms with E-state index in [2.05, 4.69) is 41.4 Å². The lowest BCUT2D eigenvalue weighted by molar-refractivity contribution is 0.169. The average Bonchev–Trinajstić information content (AvgIpc) is 2.57. The number of hydrogen-bond donors (Lipinski definition) is 1. The standard InChI is InChI=1S/C19H30N2/c1-2-16-5-7-18(8-6-16)19-9-12-21(13-10-19)15-17-4-3-11-20-14-17/h5-8,17,19-20H,2-4,9-15H2,1H3. The van der Waals surface area contributed by atoms with Gasteiger partial charge in [0.1, 0.15) is 0 Å². The summed E-state index contributed by atoms with van der Waals surface area (Å²) in [5.41, 5.74) is 3.02. The lowest BCUT2D eigenvalue weighted by Gasteiger charge is -2.35. The molecule has 0 saturated carbocycles. The van der Waals surface area contributed by atoms with Crippen LogP contribution in [0.25, 0.3) is 0 Å². The van der Waals surface area contributed by atoms with Gasteiger partial charge in [-0.2, -0.15) is 0 Å². The molecule has 21 heavy (non-hydrogen) atoms. The Morgan fingerprint density at radius 2 is 1.86 bits per heavy atom. The Morgan fingerprint density at radius 3 is 2.48 bits per heavy atom. The topological polar surface area (TPSA) is 15.3 Å². The average molecular weight is 286 g/mol. The summed E-state index contributed by atoms with van der Waals surface area (Å²) in [5.74, 6) is 1.68. The van der Waals surface area contributed by atoms with E-state index < -0.39 is 0 Å². The predicted octanol–water partition coefficient (Wildman–Crippen LogP) is 3.43. The molecule has 2 nitrogen and oxygen atoms in total. The van der Waals surface area contributed by atoms with Crippen LogP contribution in [0.2, 0.25) is 0 Å². The molecule has 3 rings (SSSR count).